The zero-order chi connectivity index (χ0) is 23.5. The van der Waals surface area contributed by atoms with Crippen molar-refractivity contribution in [3.63, 3.8) is 0 Å². The van der Waals surface area contributed by atoms with Crippen LogP contribution in [0.2, 0.25) is 0 Å². The Labute approximate surface area is 187 Å². The molecule has 0 N–H and O–H groups in total. The summed E-state index contributed by atoms with van der Waals surface area (Å²) in [5.74, 6) is 0.548. The molecule has 0 aliphatic carbocycles. The zero-order valence-corrected chi connectivity index (χ0v) is 19.2. The number of nitrogens with zero attached hydrogens (tertiary/aromatic N) is 5. The Morgan fingerprint density at radius 2 is 1.66 bits per heavy atom. The van der Waals surface area contributed by atoms with Crippen molar-refractivity contribution in [1.29, 1.82) is 0 Å². The highest BCUT2D eigenvalue weighted by Gasteiger charge is 2.35. The third kappa shape index (κ3) is 6.09. The SMILES string of the molecule is Cc1cccn(CCCCN2CCN(c3cc(C(F)(F)F)nc(C(C)(C)C)n3)CC2)c1=O. The summed E-state index contributed by atoms with van der Waals surface area (Å²) in [5, 5.41) is 0. The fourth-order valence-corrected chi connectivity index (χ4v) is 3.73. The van der Waals surface area contributed by atoms with Gasteiger partial charge in [0.25, 0.3) is 5.56 Å². The van der Waals surface area contributed by atoms with Gasteiger partial charge in [0.2, 0.25) is 0 Å². The van der Waals surface area contributed by atoms with Gasteiger partial charge in [0.15, 0.2) is 0 Å². The van der Waals surface area contributed by atoms with Crippen LogP contribution in [0.4, 0.5) is 19.0 Å². The Kier molecular flexibility index (Phi) is 7.27. The Morgan fingerprint density at radius 3 is 2.28 bits per heavy atom. The summed E-state index contributed by atoms with van der Waals surface area (Å²) >= 11 is 0. The fraction of sp³-hybridized carbons (Fsp3) is 0.609. The first kappa shape index (κ1) is 24.2. The highest BCUT2D eigenvalue weighted by molar-refractivity contribution is 5.42. The number of aryl methyl sites for hydroxylation is 2. The molecule has 0 amide bonds. The van der Waals surface area contributed by atoms with E-state index in [4.69, 9.17) is 0 Å². The monoisotopic (exact) mass is 451 g/mol. The molecular formula is C23H32F3N5O. The molecular weight excluding hydrogens is 419 g/mol. The largest absolute Gasteiger partial charge is 0.433 e. The molecule has 0 spiro atoms. The maximum atomic E-state index is 13.4. The van der Waals surface area contributed by atoms with Crippen molar-refractivity contribution in [2.75, 3.05) is 37.6 Å². The van der Waals surface area contributed by atoms with E-state index in [1.54, 1.807) is 4.57 Å². The number of alkyl halides is 3. The smallest absolute Gasteiger partial charge is 0.354 e. The van der Waals surface area contributed by atoms with Gasteiger partial charge in [0, 0.05) is 56.0 Å². The van der Waals surface area contributed by atoms with Crippen LogP contribution in [0.5, 0.6) is 0 Å². The van der Waals surface area contributed by atoms with E-state index in [9.17, 15) is 18.0 Å². The molecule has 0 radical (unpaired) electrons. The molecule has 9 heteroatoms. The lowest BCUT2D eigenvalue weighted by Crippen LogP contribution is -2.47. The number of pyridine rings is 1. The van der Waals surface area contributed by atoms with E-state index >= 15 is 0 Å². The standard InChI is InChI=1S/C23H32F3N5O/c1-17-8-7-11-31(20(17)32)10-6-5-9-29-12-14-30(15-13-29)19-16-18(23(24,25)26)27-21(28-19)22(2,3)4/h7-8,11,16H,5-6,9-10,12-15H2,1-4H3. The molecule has 1 aliphatic rings. The summed E-state index contributed by atoms with van der Waals surface area (Å²) in [6.45, 7) is 11.6. The third-order valence-corrected chi connectivity index (χ3v) is 5.70. The minimum atomic E-state index is -4.50. The number of rotatable bonds is 6. The molecule has 1 fully saturated rings. The molecule has 2 aromatic rings. The first-order valence-corrected chi connectivity index (χ1v) is 11.1. The quantitative estimate of drug-likeness (QED) is 0.625. The van der Waals surface area contributed by atoms with Crippen LogP contribution in [0.15, 0.2) is 29.2 Å². The number of hydrogen-bond donors (Lipinski definition) is 0. The van der Waals surface area contributed by atoms with Gasteiger partial charge in [0.05, 0.1) is 0 Å². The van der Waals surface area contributed by atoms with E-state index in [-0.39, 0.29) is 11.4 Å². The molecule has 2 aromatic heterocycles. The normalized spacial score (nSPS) is 15.9. The second-order valence-electron chi connectivity index (χ2n) is 9.41. The van der Waals surface area contributed by atoms with E-state index in [0.29, 0.717) is 25.5 Å². The van der Waals surface area contributed by atoms with Gasteiger partial charge in [-0.25, -0.2) is 9.97 Å². The van der Waals surface area contributed by atoms with Crippen LogP contribution in [0.1, 0.15) is 50.7 Å². The number of unbranched alkanes of at least 4 members (excludes halogenated alkanes) is 1. The summed E-state index contributed by atoms with van der Waals surface area (Å²) < 4.78 is 41.9. The average Bonchev–Trinajstić information content (AvgIpc) is 2.73. The molecule has 0 saturated carbocycles. The topological polar surface area (TPSA) is 54.3 Å². The van der Waals surface area contributed by atoms with Gasteiger partial charge >= 0.3 is 6.18 Å². The first-order valence-electron chi connectivity index (χ1n) is 11.1. The predicted octanol–water partition coefficient (Wildman–Crippen LogP) is 3.87. The molecule has 6 nitrogen and oxygen atoms in total. The number of piperazine rings is 1. The summed E-state index contributed by atoms with van der Waals surface area (Å²) in [6, 6.07) is 4.76. The average molecular weight is 452 g/mol. The van der Waals surface area contributed by atoms with Crippen molar-refractivity contribution in [1.82, 2.24) is 19.4 Å². The van der Waals surface area contributed by atoms with Gasteiger partial charge in [-0.3, -0.25) is 9.69 Å². The number of anilines is 1. The van der Waals surface area contributed by atoms with Crippen LogP contribution in [0.25, 0.3) is 0 Å². The zero-order valence-electron chi connectivity index (χ0n) is 19.2. The number of aromatic nitrogens is 3. The van der Waals surface area contributed by atoms with Crippen molar-refractivity contribution in [3.05, 3.63) is 51.8 Å². The van der Waals surface area contributed by atoms with Gasteiger partial charge in [-0.15, -0.1) is 0 Å². The molecule has 1 saturated heterocycles. The highest BCUT2D eigenvalue weighted by Crippen LogP contribution is 2.32. The Morgan fingerprint density at radius 1 is 1.00 bits per heavy atom. The highest BCUT2D eigenvalue weighted by atomic mass is 19.4. The van der Waals surface area contributed by atoms with Crippen LogP contribution in [-0.4, -0.2) is 52.2 Å². The maximum absolute atomic E-state index is 13.4. The first-order chi connectivity index (χ1) is 14.9. The summed E-state index contributed by atoms with van der Waals surface area (Å²) in [6.07, 6.45) is -0.824. The van der Waals surface area contributed by atoms with Crippen molar-refractivity contribution in [3.8, 4) is 0 Å². The number of hydrogen-bond acceptors (Lipinski definition) is 5. The Balaban J connectivity index is 1.55. The van der Waals surface area contributed by atoms with E-state index in [2.05, 4.69) is 14.9 Å². The molecule has 0 aromatic carbocycles. The van der Waals surface area contributed by atoms with Gasteiger partial charge in [-0.05, 0) is 32.4 Å². The molecule has 1 aliphatic heterocycles. The summed E-state index contributed by atoms with van der Waals surface area (Å²) in [7, 11) is 0. The van der Waals surface area contributed by atoms with Crippen molar-refractivity contribution < 1.29 is 13.2 Å². The second-order valence-corrected chi connectivity index (χ2v) is 9.41. The van der Waals surface area contributed by atoms with Gasteiger partial charge in [-0.1, -0.05) is 26.8 Å². The van der Waals surface area contributed by atoms with Crippen LogP contribution in [0, 0.1) is 6.92 Å². The van der Waals surface area contributed by atoms with Gasteiger partial charge in [0.1, 0.15) is 17.3 Å². The van der Waals surface area contributed by atoms with E-state index < -0.39 is 17.3 Å². The Hall–Kier alpha value is -2.42. The van der Waals surface area contributed by atoms with Crippen LogP contribution >= 0.6 is 0 Å². The molecule has 0 bridgehead atoms. The third-order valence-electron chi connectivity index (χ3n) is 5.70. The van der Waals surface area contributed by atoms with Gasteiger partial charge < -0.3 is 9.47 Å². The minimum Gasteiger partial charge on any atom is -0.354 e. The molecule has 3 rings (SSSR count). The lowest BCUT2D eigenvalue weighted by atomic mass is 9.95. The van der Waals surface area contributed by atoms with E-state index in [1.165, 1.54) is 0 Å². The van der Waals surface area contributed by atoms with E-state index in [1.807, 2.05) is 50.9 Å². The summed E-state index contributed by atoms with van der Waals surface area (Å²) in [5.41, 5.74) is -0.659. The Bertz CT molecular complexity index is 941. The summed E-state index contributed by atoms with van der Waals surface area (Å²) in [4.78, 5) is 24.5. The second kappa shape index (κ2) is 9.60. The van der Waals surface area contributed by atoms with Crippen molar-refractivity contribution >= 4 is 5.82 Å². The lowest BCUT2D eigenvalue weighted by Gasteiger charge is -2.36. The number of halogens is 3. The van der Waals surface area contributed by atoms with E-state index in [0.717, 1.165) is 44.1 Å². The van der Waals surface area contributed by atoms with Crippen LogP contribution < -0.4 is 10.5 Å². The maximum Gasteiger partial charge on any atom is 0.433 e. The fourth-order valence-electron chi connectivity index (χ4n) is 3.73. The molecule has 3 heterocycles. The van der Waals surface area contributed by atoms with Crippen molar-refractivity contribution in [2.24, 2.45) is 0 Å². The lowest BCUT2D eigenvalue weighted by molar-refractivity contribution is -0.141. The minimum absolute atomic E-state index is 0.0545. The van der Waals surface area contributed by atoms with Crippen LogP contribution in [0.3, 0.4) is 0 Å². The van der Waals surface area contributed by atoms with Crippen molar-refractivity contribution in [2.45, 2.75) is 58.7 Å². The van der Waals surface area contributed by atoms with Gasteiger partial charge in [-0.2, -0.15) is 13.2 Å². The molecule has 32 heavy (non-hydrogen) atoms. The molecule has 0 atom stereocenters. The molecule has 176 valence electrons. The van der Waals surface area contributed by atoms with Crippen LogP contribution in [-0.2, 0) is 18.1 Å². The predicted molar refractivity (Wildman–Crippen MR) is 119 cm³/mol. The molecule has 0 unspecified atom stereocenters.